The maximum absolute atomic E-state index is 10.3. The minimum atomic E-state index is 0.545. The summed E-state index contributed by atoms with van der Waals surface area (Å²) >= 11 is 4.87. The Balaban J connectivity index is 0. The molecule has 156 valence electrons. The van der Waals surface area contributed by atoms with Crippen molar-refractivity contribution in [1.29, 1.82) is 0 Å². The topological polar surface area (TPSA) is 62.7 Å². The molecule has 0 aliphatic heterocycles. The van der Waals surface area contributed by atoms with E-state index in [0.29, 0.717) is 30.4 Å². The standard InChI is InChI=1S/C12H19NO2.C9H13BrN2S/c1-5-11(13-9-14)12(6-2)15-8-7-10(3)4;1-4-8(12-3)9(5-6-10)13-7-11-2/h5-6,9-10H,1-2,7-8H2,3-4H3,(H,13,14);4-6,11H,1,3,7H2,2H3/b12-11-;6-5+,9-8-. The summed E-state index contributed by atoms with van der Waals surface area (Å²) < 4.78 is 5.48. The summed E-state index contributed by atoms with van der Waals surface area (Å²) in [5, 5.41) is 5.55. The lowest BCUT2D eigenvalue weighted by atomic mass is 10.1. The van der Waals surface area contributed by atoms with E-state index in [-0.39, 0.29) is 0 Å². The molecule has 0 aliphatic rings. The van der Waals surface area contributed by atoms with Gasteiger partial charge >= 0.3 is 0 Å². The van der Waals surface area contributed by atoms with Crippen molar-refractivity contribution in [2.45, 2.75) is 20.3 Å². The van der Waals surface area contributed by atoms with Gasteiger partial charge in [-0.1, -0.05) is 49.5 Å². The predicted octanol–water partition coefficient (Wildman–Crippen LogP) is 5.28. The number of nitrogens with one attached hydrogen (secondary N) is 2. The number of nitrogens with zero attached hydrogens (tertiary/aromatic N) is 1. The second-order valence-corrected chi connectivity index (χ2v) is 7.07. The van der Waals surface area contributed by atoms with Crippen molar-refractivity contribution in [2.24, 2.45) is 10.9 Å². The first-order valence-electron chi connectivity index (χ1n) is 8.65. The Kier molecular flexibility index (Phi) is 20.2. The summed E-state index contributed by atoms with van der Waals surface area (Å²) in [7, 11) is 1.90. The van der Waals surface area contributed by atoms with Crippen molar-refractivity contribution in [3.05, 3.63) is 71.1 Å². The second kappa shape index (κ2) is 19.9. The Hall–Kier alpha value is -1.83. The number of carbonyl (C=O) groups excluding carboxylic acids is 1. The molecular formula is C21H32BrN3O2S. The number of amides is 1. The van der Waals surface area contributed by atoms with Crippen molar-refractivity contribution in [2.75, 3.05) is 19.5 Å². The van der Waals surface area contributed by atoms with E-state index in [9.17, 15) is 4.79 Å². The molecule has 0 bridgehead atoms. The molecule has 0 rings (SSSR count). The quantitative estimate of drug-likeness (QED) is 0.119. The zero-order chi connectivity index (χ0) is 21.8. The fourth-order valence-corrected chi connectivity index (χ4v) is 2.80. The monoisotopic (exact) mass is 469 g/mol. The van der Waals surface area contributed by atoms with Crippen LogP contribution in [0.2, 0.25) is 0 Å². The Morgan fingerprint density at radius 2 is 1.93 bits per heavy atom. The van der Waals surface area contributed by atoms with Crippen LogP contribution >= 0.6 is 27.7 Å². The fraction of sp³-hybridized carbons (Fsp3) is 0.333. The first-order valence-corrected chi connectivity index (χ1v) is 10.5. The van der Waals surface area contributed by atoms with Gasteiger partial charge in [-0.3, -0.25) is 9.79 Å². The Bertz CT molecular complexity index is 586. The minimum Gasteiger partial charge on any atom is -0.491 e. The normalized spacial score (nSPS) is 12.2. The van der Waals surface area contributed by atoms with Gasteiger partial charge in [0.05, 0.1) is 18.0 Å². The fourth-order valence-electron chi connectivity index (χ4n) is 1.60. The number of halogens is 1. The SMILES string of the molecule is C=C/C(N=C)=C(\C=C\Br)SCNC.C=C/C(NC=O)=C(\C=C)OCCC(C)C. The lowest BCUT2D eigenvalue weighted by Gasteiger charge is -2.11. The van der Waals surface area contributed by atoms with Crippen molar-refractivity contribution in [1.82, 2.24) is 10.6 Å². The van der Waals surface area contributed by atoms with Crippen LogP contribution in [0.1, 0.15) is 20.3 Å². The van der Waals surface area contributed by atoms with Crippen LogP contribution in [0.4, 0.5) is 0 Å². The molecular weight excluding hydrogens is 438 g/mol. The highest BCUT2D eigenvalue weighted by Crippen LogP contribution is 2.22. The summed E-state index contributed by atoms with van der Waals surface area (Å²) in [6, 6.07) is 0. The molecule has 0 saturated carbocycles. The minimum absolute atomic E-state index is 0.545. The van der Waals surface area contributed by atoms with Gasteiger partial charge in [-0.05, 0) is 55.4 Å². The molecule has 0 aromatic carbocycles. The molecule has 5 nitrogen and oxygen atoms in total. The first-order chi connectivity index (χ1) is 13.4. The molecule has 1 amide bonds. The highest BCUT2D eigenvalue weighted by Gasteiger charge is 2.02. The van der Waals surface area contributed by atoms with E-state index in [0.717, 1.165) is 22.9 Å². The van der Waals surface area contributed by atoms with Crippen LogP contribution < -0.4 is 10.6 Å². The summed E-state index contributed by atoms with van der Waals surface area (Å²) in [6.45, 7) is 19.2. The summed E-state index contributed by atoms with van der Waals surface area (Å²) in [5.41, 5.74) is 1.35. The third kappa shape index (κ3) is 14.3. The van der Waals surface area contributed by atoms with Gasteiger partial charge in [-0.25, -0.2) is 0 Å². The van der Waals surface area contributed by atoms with Gasteiger partial charge < -0.3 is 15.4 Å². The van der Waals surface area contributed by atoms with E-state index in [2.05, 4.69) is 71.9 Å². The average Bonchev–Trinajstić information content (AvgIpc) is 2.69. The van der Waals surface area contributed by atoms with Crippen molar-refractivity contribution < 1.29 is 9.53 Å². The molecule has 0 spiro atoms. The molecule has 0 radical (unpaired) electrons. The molecule has 2 N–H and O–H groups in total. The Morgan fingerprint density at radius 3 is 2.32 bits per heavy atom. The number of hydrogen-bond acceptors (Lipinski definition) is 5. The van der Waals surface area contributed by atoms with Gasteiger partial charge in [-0.15, -0.1) is 11.8 Å². The van der Waals surface area contributed by atoms with E-state index in [1.807, 2.05) is 13.1 Å². The Morgan fingerprint density at radius 1 is 1.25 bits per heavy atom. The molecule has 0 saturated heterocycles. The van der Waals surface area contributed by atoms with E-state index < -0.39 is 0 Å². The van der Waals surface area contributed by atoms with Crippen molar-refractivity contribution in [3.8, 4) is 0 Å². The third-order valence-corrected chi connectivity index (χ3v) is 4.38. The largest absolute Gasteiger partial charge is 0.491 e. The van der Waals surface area contributed by atoms with Crippen LogP contribution in [-0.2, 0) is 9.53 Å². The van der Waals surface area contributed by atoms with E-state index in [1.165, 1.54) is 6.08 Å². The van der Waals surface area contributed by atoms with Gasteiger partial charge in [0.15, 0.2) is 0 Å². The summed E-state index contributed by atoms with van der Waals surface area (Å²) in [4.78, 5) is 17.0. The highest BCUT2D eigenvalue weighted by molar-refractivity contribution is 9.11. The lowest BCUT2D eigenvalue weighted by Crippen LogP contribution is -2.12. The molecule has 0 aliphatic carbocycles. The van der Waals surface area contributed by atoms with Crippen LogP contribution in [0.15, 0.2) is 76.1 Å². The van der Waals surface area contributed by atoms with E-state index in [4.69, 9.17) is 4.74 Å². The summed E-state index contributed by atoms with van der Waals surface area (Å²) in [6.07, 6.45) is 8.26. The van der Waals surface area contributed by atoms with Gasteiger partial charge in [0, 0.05) is 10.8 Å². The number of aliphatic imine (C=N–C) groups is 1. The maximum atomic E-state index is 10.3. The zero-order valence-corrected chi connectivity index (χ0v) is 19.4. The number of allylic oxidation sites excluding steroid dienone is 4. The molecule has 0 unspecified atom stereocenters. The number of carbonyl (C=O) groups is 1. The lowest BCUT2D eigenvalue weighted by molar-refractivity contribution is -0.108. The number of rotatable bonds is 14. The zero-order valence-electron chi connectivity index (χ0n) is 17.0. The molecule has 0 atom stereocenters. The third-order valence-electron chi connectivity index (χ3n) is 3.02. The smallest absolute Gasteiger partial charge is 0.211 e. The van der Waals surface area contributed by atoms with Gasteiger partial charge in [-0.2, -0.15) is 0 Å². The molecule has 7 heteroatoms. The molecule has 0 fully saturated rings. The van der Waals surface area contributed by atoms with Crippen LogP contribution in [0.5, 0.6) is 0 Å². The molecule has 0 aromatic rings. The second-order valence-electron chi connectivity index (χ2n) is 5.53. The highest BCUT2D eigenvalue weighted by atomic mass is 79.9. The molecule has 28 heavy (non-hydrogen) atoms. The van der Waals surface area contributed by atoms with E-state index in [1.54, 1.807) is 28.9 Å². The van der Waals surface area contributed by atoms with Crippen molar-refractivity contribution in [3.63, 3.8) is 0 Å². The van der Waals surface area contributed by atoms with Crippen LogP contribution in [0, 0.1) is 5.92 Å². The number of ether oxygens (including phenoxy) is 1. The van der Waals surface area contributed by atoms with E-state index >= 15 is 0 Å². The van der Waals surface area contributed by atoms with Gasteiger partial charge in [0.2, 0.25) is 6.41 Å². The number of hydrogen-bond donors (Lipinski definition) is 2. The van der Waals surface area contributed by atoms with Gasteiger partial charge in [0.25, 0.3) is 0 Å². The van der Waals surface area contributed by atoms with Gasteiger partial charge in [0.1, 0.15) is 5.76 Å². The van der Waals surface area contributed by atoms with Crippen molar-refractivity contribution >= 4 is 40.8 Å². The summed E-state index contributed by atoms with van der Waals surface area (Å²) in [5.74, 6) is 1.97. The predicted molar refractivity (Wildman–Crippen MR) is 128 cm³/mol. The number of thioether (sulfide) groups is 1. The van der Waals surface area contributed by atoms with Crippen LogP contribution in [-0.4, -0.2) is 32.7 Å². The Labute approximate surface area is 182 Å². The molecule has 0 heterocycles. The van der Waals surface area contributed by atoms with Crippen LogP contribution in [0.25, 0.3) is 0 Å². The molecule has 0 aromatic heterocycles. The van der Waals surface area contributed by atoms with Crippen LogP contribution in [0.3, 0.4) is 0 Å². The first kappa shape index (κ1) is 28.4. The maximum Gasteiger partial charge on any atom is 0.211 e. The average molecular weight is 470 g/mol.